The van der Waals surface area contributed by atoms with E-state index < -0.39 is 28.5 Å². The van der Waals surface area contributed by atoms with Crippen LogP contribution in [0.5, 0.6) is 0 Å². The zero-order chi connectivity index (χ0) is 31.0. The Balaban J connectivity index is 1.78. The lowest BCUT2D eigenvalue weighted by Crippen LogP contribution is -2.54. The van der Waals surface area contributed by atoms with Gasteiger partial charge in [-0.25, -0.2) is 8.42 Å². The number of carbonyl (C=O) groups is 2. The number of aryl methyl sites for hydroxylation is 1. The fourth-order valence-corrected chi connectivity index (χ4v) is 6.23. The van der Waals surface area contributed by atoms with Gasteiger partial charge in [0.15, 0.2) is 0 Å². The van der Waals surface area contributed by atoms with Crippen LogP contribution in [0.1, 0.15) is 30.5 Å². The fourth-order valence-electron chi connectivity index (χ4n) is 4.69. The fraction of sp³-hybridized carbons (Fsp3) is 0.235. The monoisotopic (exact) mass is 617 g/mol. The Morgan fingerprint density at radius 3 is 1.91 bits per heavy atom. The Kier molecular flexibility index (Phi) is 10.6. The van der Waals surface area contributed by atoms with Gasteiger partial charge in [-0.3, -0.25) is 13.9 Å². The van der Waals surface area contributed by atoms with Crippen LogP contribution in [0.15, 0.2) is 114 Å². The molecule has 0 bridgehead atoms. The second-order valence-corrected chi connectivity index (χ2v) is 13.0. The molecular formula is C34H36ClN3O4S. The predicted octanol–water partition coefficient (Wildman–Crippen LogP) is 6.01. The quantitative estimate of drug-likeness (QED) is 0.211. The molecule has 43 heavy (non-hydrogen) atoms. The van der Waals surface area contributed by atoms with Crippen LogP contribution in [0.4, 0.5) is 5.69 Å². The molecule has 1 atom stereocenters. The molecule has 0 heterocycles. The summed E-state index contributed by atoms with van der Waals surface area (Å²) in [6.07, 6.45) is 0.256. The summed E-state index contributed by atoms with van der Waals surface area (Å²) in [7, 11) is -4.18. The minimum Gasteiger partial charge on any atom is -0.352 e. The number of halogens is 1. The average Bonchev–Trinajstić information content (AvgIpc) is 2.99. The number of benzene rings is 4. The molecule has 0 saturated carbocycles. The zero-order valence-electron chi connectivity index (χ0n) is 24.5. The molecular weight excluding hydrogens is 582 g/mol. The molecule has 0 radical (unpaired) electrons. The summed E-state index contributed by atoms with van der Waals surface area (Å²) < 4.78 is 29.1. The number of anilines is 1. The summed E-state index contributed by atoms with van der Waals surface area (Å²) in [4.78, 5) is 29.5. The van der Waals surface area contributed by atoms with E-state index in [9.17, 15) is 18.0 Å². The molecule has 0 spiro atoms. The third-order valence-corrected chi connectivity index (χ3v) is 8.94. The van der Waals surface area contributed by atoms with Gasteiger partial charge < -0.3 is 10.2 Å². The van der Waals surface area contributed by atoms with Crippen LogP contribution >= 0.6 is 11.6 Å². The van der Waals surface area contributed by atoms with Crippen LogP contribution in [-0.2, 0) is 32.6 Å². The van der Waals surface area contributed by atoms with Crippen LogP contribution in [-0.4, -0.2) is 43.8 Å². The first-order valence-corrected chi connectivity index (χ1v) is 15.9. The first kappa shape index (κ1) is 31.8. The van der Waals surface area contributed by atoms with E-state index in [2.05, 4.69) is 5.32 Å². The van der Waals surface area contributed by atoms with E-state index in [0.717, 1.165) is 21.0 Å². The molecule has 1 N–H and O–H groups in total. The molecule has 2 amide bonds. The maximum atomic E-state index is 14.4. The van der Waals surface area contributed by atoms with E-state index in [0.29, 0.717) is 10.7 Å². The average molecular weight is 618 g/mol. The molecule has 7 nitrogen and oxygen atoms in total. The number of hydrogen-bond acceptors (Lipinski definition) is 4. The lowest BCUT2D eigenvalue weighted by Gasteiger charge is -2.34. The lowest BCUT2D eigenvalue weighted by atomic mass is 10.0. The third kappa shape index (κ3) is 8.46. The highest BCUT2D eigenvalue weighted by Crippen LogP contribution is 2.26. The van der Waals surface area contributed by atoms with E-state index in [4.69, 9.17) is 11.6 Å². The SMILES string of the molecule is Cc1ccc(N(CC(=O)N(Cc2ccccc2)C(Cc2ccccc2)C(=O)NC(C)C)S(=O)(=O)c2ccc(Cl)cc2)cc1. The number of amides is 2. The molecule has 4 aromatic carbocycles. The molecule has 1 unspecified atom stereocenters. The van der Waals surface area contributed by atoms with E-state index in [1.54, 1.807) is 24.3 Å². The Labute approximate surface area is 259 Å². The molecule has 0 fully saturated rings. The standard InChI is InChI=1S/C34H36ClN3O4S/c1-25(2)36-34(40)32(22-27-10-6-4-7-11-27)37(23-28-12-8-5-9-13-28)33(39)24-38(30-18-14-26(3)15-19-30)43(41,42)31-20-16-29(35)17-21-31/h4-21,25,32H,22-24H2,1-3H3,(H,36,40). The number of hydrogen-bond donors (Lipinski definition) is 1. The van der Waals surface area contributed by atoms with E-state index in [1.807, 2.05) is 81.4 Å². The van der Waals surface area contributed by atoms with Gasteiger partial charge in [-0.15, -0.1) is 0 Å². The zero-order valence-corrected chi connectivity index (χ0v) is 26.1. The maximum Gasteiger partial charge on any atom is 0.264 e. The largest absolute Gasteiger partial charge is 0.352 e. The molecule has 0 aliphatic carbocycles. The number of sulfonamides is 1. The van der Waals surface area contributed by atoms with Crippen molar-refractivity contribution >= 4 is 39.1 Å². The first-order chi connectivity index (χ1) is 20.5. The minimum atomic E-state index is -4.18. The Bertz CT molecular complexity index is 1610. The van der Waals surface area contributed by atoms with Gasteiger partial charge in [-0.05, 0) is 68.3 Å². The van der Waals surface area contributed by atoms with Crippen LogP contribution in [0, 0.1) is 6.92 Å². The first-order valence-electron chi connectivity index (χ1n) is 14.1. The summed E-state index contributed by atoms with van der Waals surface area (Å²) in [5.41, 5.74) is 2.97. The molecule has 0 aliphatic heterocycles. The van der Waals surface area contributed by atoms with Crippen molar-refractivity contribution in [1.82, 2.24) is 10.2 Å². The summed E-state index contributed by atoms with van der Waals surface area (Å²) >= 11 is 6.04. The molecule has 4 rings (SSSR count). The van der Waals surface area contributed by atoms with Gasteiger partial charge in [0.2, 0.25) is 11.8 Å². The second-order valence-electron chi connectivity index (χ2n) is 10.7. The summed E-state index contributed by atoms with van der Waals surface area (Å²) in [5, 5.41) is 3.35. The van der Waals surface area contributed by atoms with Gasteiger partial charge in [-0.1, -0.05) is 90.0 Å². The Hall–Kier alpha value is -4.14. The second kappa shape index (κ2) is 14.4. The van der Waals surface area contributed by atoms with Gasteiger partial charge in [0.1, 0.15) is 12.6 Å². The van der Waals surface area contributed by atoms with Crippen LogP contribution < -0.4 is 9.62 Å². The van der Waals surface area contributed by atoms with Gasteiger partial charge in [0, 0.05) is 24.0 Å². The summed E-state index contributed by atoms with van der Waals surface area (Å²) in [6, 6.07) is 30.5. The minimum absolute atomic E-state index is 0.00160. The Morgan fingerprint density at radius 1 is 0.791 bits per heavy atom. The van der Waals surface area contributed by atoms with Crippen molar-refractivity contribution in [1.29, 1.82) is 0 Å². The van der Waals surface area contributed by atoms with Crippen molar-refractivity contribution in [3.63, 3.8) is 0 Å². The predicted molar refractivity (Wildman–Crippen MR) is 171 cm³/mol. The van der Waals surface area contributed by atoms with Crippen molar-refractivity contribution in [2.24, 2.45) is 0 Å². The van der Waals surface area contributed by atoms with Crippen LogP contribution in [0.2, 0.25) is 5.02 Å². The smallest absolute Gasteiger partial charge is 0.264 e. The van der Waals surface area contributed by atoms with Gasteiger partial charge >= 0.3 is 0 Å². The van der Waals surface area contributed by atoms with Crippen molar-refractivity contribution < 1.29 is 18.0 Å². The Morgan fingerprint density at radius 2 is 1.35 bits per heavy atom. The highest BCUT2D eigenvalue weighted by molar-refractivity contribution is 7.92. The number of nitrogens with zero attached hydrogens (tertiary/aromatic N) is 2. The van der Waals surface area contributed by atoms with E-state index in [1.165, 1.54) is 29.2 Å². The molecule has 4 aromatic rings. The molecule has 0 aromatic heterocycles. The number of carbonyl (C=O) groups excluding carboxylic acids is 2. The summed E-state index contributed by atoms with van der Waals surface area (Å²) in [5.74, 6) is -0.826. The highest BCUT2D eigenvalue weighted by Gasteiger charge is 2.34. The van der Waals surface area contributed by atoms with Gasteiger partial charge in [0.05, 0.1) is 10.6 Å². The van der Waals surface area contributed by atoms with Crippen LogP contribution in [0.25, 0.3) is 0 Å². The van der Waals surface area contributed by atoms with Crippen molar-refractivity contribution in [3.05, 3.63) is 131 Å². The van der Waals surface area contributed by atoms with Crippen molar-refractivity contribution in [2.75, 3.05) is 10.8 Å². The molecule has 9 heteroatoms. The van der Waals surface area contributed by atoms with E-state index >= 15 is 0 Å². The highest BCUT2D eigenvalue weighted by atomic mass is 35.5. The van der Waals surface area contributed by atoms with E-state index in [-0.39, 0.29) is 29.8 Å². The van der Waals surface area contributed by atoms with Gasteiger partial charge in [-0.2, -0.15) is 0 Å². The third-order valence-electron chi connectivity index (χ3n) is 6.90. The van der Waals surface area contributed by atoms with Crippen LogP contribution in [0.3, 0.4) is 0 Å². The normalized spacial score (nSPS) is 12.0. The summed E-state index contributed by atoms with van der Waals surface area (Å²) in [6.45, 7) is 5.22. The number of nitrogens with one attached hydrogen (secondary N) is 1. The lowest BCUT2D eigenvalue weighted by molar-refractivity contribution is -0.140. The van der Waals surface area contributed by atoms with Crippen molar-refractivity contribution in [2.45, 2.75) is 50.7 Å². The number of rotatable bonds is 12. The molecule has 224 valence electrons. The van der Waals surface area contributed by atoms with Crippen molar-refractivity contribution in [3.8, 4) is 0 Å². The maximum absolute atomic E-state index is 14.4. The molecule has 0 saturated heterocycles. The van der Waals surface area contributed by atoms with Gasteiger partial charge in [0.25, 0.3) is 10.0 Å². The molecule has 0 aliphatic rings. The topological polar surface area (TPSA) is 86.8 Å².